The Kier molecular flexibility index (Phi) is 4.13. The second-order valence-electron chi connectivity index (χ2n) is 6.14. The third-order valence-electron chi connectivity index (χ3n) is 4.48. The van der Waals surface area contributed by atoms with Crippen molar-refractivity contribution >= 4 is 17.2 Å². The molecule has 1 heterocycles. The third-order valence-corrected chi connectivity index (χ3v) is 4.48. The van der Waals surface area contributed by atoms with Crippen LogP contribution in [0.15, 0.2) is 85.1 Å². The molecular formula is C22H18N2O. The van der Waals surface area contributed by atoms with Gasteiger partial charge in [0.15, 0.2) is 0 Å². The fraction of sp³-hybridized carbons (Fsp3) is 0.0909. The molecule has 4 rings (SSSR count). The molecule has 1 atom stereocenters. The number of rotatable bonds is 5. The van der Waals surface area contributed by atoms with E-state index in [-0.39, 0.29) is 5.92 Å². The molecule has 0 saturated heterocycles. The summed E-state index contributed by atoms with van der Waals surface area (Å²) in [6.45, 7) is 0. The van der Waals surface area contributed by atoms with Gasteiger partial charge in [-0.1, -0.05) is 54.6 Å². The molecule has 0 fully saturated rings. The van der Waals surface area contributed by atoms with Gasteiger partial charge in [-0.05, 0) is 41.8 Å². The average Bonchev–Trinajstić information content (AvgIpc) is 3.10. The first-order valence-electron chi connectivity index (χ1n) is 8.37. The van der Waals surface area contributed by atoms with Gasteiger partial charge in [-0.3, -0.25) is 0 Å². The summed E-state index contributed by atoms with van der Waals surface area (Å²) in [5.74, 6) is -0.122. The molecule has 1 aromatic heterocycles. The minimum atomic E-state index is -0.122. The van der Waals surface area contributed by atoms with E-state index in [1.165, 1.54) is 0 Å². The molecule has 3 aromatic carbocycles. The smallest absolute Gasteiger partial charge is 0.127 e. The Morgan fingerprint density at radius 1 is 0.920 bits per heavy atom. The van der Waals surface area contributed by atoms with Gasteiger partial charge in [0, 0.05) is 11.3 Å². The molecular weight excluding hydrogens is 308 g/mol. The fourth-order valence-corrected chi connectivity index (χ4v) is 3.18. The lowest BCUT2D eigenvalue weighted by Gasteiger charge is -2.11. The Bertz CT molecular complexity index is 990. The van der Waals surface area contributed by atoms with Gasteiger partial charge >= 0.3 is 0 Å². The number of para-hydroxylation sites is 1. The van der Waals surface area contributed by atoms with Gasteiger partial charge in [0.2, 0.25) is 0 Å². The molecule has 0 saturated carbocycles. The zero-order valence-electron chi connectivity index (χ0n) is 13.7. The highest BCUT2D eigenvalue weighted by Crippen LogP contribution is 2.23. The minimum absolute atomic E-state index is 0.122. The van der Waals surface area contributed by atoms with Gasteiger partial charge in [-0.15, -0.1) is 0 Å². The Morgan fingerprint density at radius 3 is 2.36 bits per heavy atom. The van der Waals surface area contributed by atoms with Crippen molar-refractivity contribution in [2.75, 3.05) is 0 Å². The van der Waals surface area contributed by atoms with Crippen LogP contribution in [-0.2, 0) is 11.2 Å². The summed E-state index contributed by atoms with van der Waals surface area (Å²) >= 11 is 0. The highest BCUT2D eigenvalue weighted by Gasteiger charge is 2.12. The highest BCUT2D eigenvalue weighted by atomic mass is 16.1. The normalized spacial score (nSPS) is 12.2. The number of fused-ring (bicyclic) bond motifs is 1. The van der Waals surface area contributed by atoms with Crippen molar-refractivity contribution in [1.29, 1.82) is 0 Å². The van der Waals surface area contributed by atoms with Crippen molar-refractivity contribution in [3.8, 4) is 5.69 Å². The molecule has 0 N–H and O–H groups in total. The van der Waals surface area contributed by atoms with Crippen LogP contribution in [0.25, 0.3) is 16.6 Å². The summed E-state index contributed by atoms with van der Waals surface area (Å²) in [5.41, 5.74) is 4.30. The van der Waals surface area contributed by atoms with Crippen molar-refractivity contribution in [3.05, 3.63) is 96.2 Å². The predicted molar refractivity (Wildman–Crippen MR) is 100 cm³/mol. The Labute approximate surface area is 146 Å². The van der Waals surface area contributed by atoms with Crippen molar-refractivity contribution in [3.63, 3.8) is 0 Å². The number of nitrogens with zero attached hydrogens (tertiary/aromatic N) is 2. The van der Waals surface area contributed by atoms with E-state index in [0.717, 1.165) is 34.0 Å². The van der Waals surface area contributed by atoms with E-state index in [1.807, 2.05) is 71.5 Å². The van der Waals surface area contributed by atoms with Crippen LogP contribution < -0.4 is 0 Å². The number of aldehydes is 1. The monoisotopic (exact) mass is 326 g/mol. The molecule has 0 spiro atoms. The van der Waals surface area contributed by atoms with Crippen LogP contribution in [0.4, 0.5) is 0 Å². The molecule has 4 aromatic rings. The maximum absolute atomic E-state index is 11.5. The van der Waals surface area contributed by atoms with Gasteiger partial charge in [0.05, 0.1) is 17.4 Å². The summed E-state index contributed by atoms with van der Waals surface area (Å²) in [5, 5.41) is 5.59. The molecule has 3 nitrogen and oxygen atoms in total. The van der Waals surface area contributed by atoms with Crippen molar-refractivity contribution in [2.45, 2.75) is 12.3 Å². The SMILES string of the molecule is O=CC(Cc1ccc2c(cnn2-c2ccccc2)c1)c1ccccc1. The fourth-order valence-electron chi connectivity index (χ4n) is 3.18. The van der Waals surface area contributed by atoms with E-state index in [2.05, 4.69) is 23.3 Å². The summed E-state index contributed by atoms with van der Waals surface area (Å²) in [7, 11) is 0. The molecule has 0 aliphatic carbocycles. The van der Waals surface area contributed by atoms with E-state index in [9.17, 15) is 4.79 Å². The Hall–Kier alpha value is -3.20. The lowest BCUT2D eigenvalue weighted by atomic mass is 9.93. The number of benzene rings is 3. The second kappa shape index (κ2) is 6.73. The van der Waals surface area contributed by atoms with Crippen LogP contribution >= 0.6 is 0 Å². The van der Waals surface area contributed by atoms with Gasteiger partial charge in [0.1, 0.15) is 6.29 Å². The summed E-state index contributed by atoms with van der Waals surface area (Å²) < 4.78 is 1.94. The summed E-state index contributed by atoms with van der Waals surface area (Å²) in [6.07, 6.45) is 3.61. The largest absolute Gasteiger partial charge is 0.303 e. The first-order valence-corrected chi connectivity index (χ1v) is 8.37. The topological polar surface area (TPSA) is 34.9 Å². The molecule has 122 valence electrons. The molecule has 0 radical (unpaired) electrons. The van der Waals surface area contributed by atoms with Gasteiger partial charge in [-0.25, -0.2) is 4.68 Å². The zero-order valence-corrected chi connectivity index (χ0v) is 13.7. The van der Waals surface area contributed by atoms with Crippen LogP contribution in [0.3, 0.4) is 0 Å². The van der Waals surface area contributed by atoms with E-state index in [4.69, 9.17) is 0 Å². The Morgan fingerprint density at radius 2 is 1.64 bits per heavy atom. The molecule has 0 aliphatic rings. The lowest BCUT2D eigenvalue weighted by Crippen LogP contribution is -2.04. The number of hydrogen-bond acceptors (Lipinski definition) is 2. The predicted octanol–water partition coefficient (Wildman–Crippen LogP) is 4.55. The number of carbonyl (C=O) groups is 1. The number of hydrogen-bond donors (Lipinski definition) is 0. The van der Waals surface area contributed by atoms with Gasteiger partial charge in [0.25, 0.3) is 0 Å². The standard InChI is InChI=1S/C22H18N2O/c25-16-20(18-7-3-1-4-8-18)14-17-11-12-22-19(13-17)15-23-24(22)21-9-5-2-6-10-21/h1-13,15-16,20H,14H2. The Balaban J connectivity index is 1.65. The van der Waals surface area contributed by atoms with Crippen LogP contribution in [0.5, 0.6) is 0 Å². The van der Waals surface area contributed by atoms with Crippen molar-refractivity contribution < 1.29 is 4.79 Å². The minimum Gasteiger partial charge on any atom is -0.303 e. The van der Waals surface area contributed by atoms with Crippen molar-refractivity contribution in [2.24, 2.45) is 0 Å². The van der Waals surface area contributed by atoms with Gasteiger partial charge in [-0.2, -0.15) is 5.10 Å². The van der Waals surface area contributed by atoms with Crippen LogP contribution in [0.1, 0.15) is 17.0 Å². The first-order chi connectivity index (χ1) is 12.3. The maximum Gasteiger partial charge on any atom is 0.127 e. The molecule has 0 amide bonds. The first kappa shape index (κ1) is 15.3. The molecule has 0 aliphatic heterocycles. The molecule has 3 heteroatoms. The highest BCUT2D eigenvalue weighted by molar-refractivity contribution is 5.81. The maximum atomic E-state index is 11.5. The zero-order chi connectivity index (χ0) is 17.1. The van der Waals surface area contributed by atoms with Crippen LogP contribution in [0, 0.1) is 0 Å². The lowest BCUT2D eigenvalue weighted by molar-refractivity contribution is -0.109. The average molecular weight is 326 g/mol. The molecule has 25 heavy (non-hydrogen) atoms. The number of aromatic nitrogens is 2. The number of carbonyl (C=O) groups excluding carboxylic acids is 1. The summed E-state index contributed by atoms with van der Waals surface area (Å²) in [6, 6.07) is 26.3. The quantitative estimate of drug-likeness (QED) is 0.504. The molecule has 0 bridgehead atoms. The van der Waals surface area contributed by atoms with Gasteiger partial charge < -0.3 is 4.79 Å². The van der Waals surface area contributed by atoms with E-state index in [0.29, 0.717) is 6.42 Å². The third kappa shape index (κ3) is 3.09. The van der Waals surface area contributed by atoms with Crippen molar-refractivity contribution in [1.82, 2.24) is 9.78 Å². The summed E-state index contributed by atoms with van der Waals surface area (Å²) in [4.78, 5) is 11.5. The van der Waals surface area contributed by atoms with E-state index >= 15 is 0 Å². The van der Waals surface area contributed by atoms with E-state index < -0.39 is 0 Å². The van der Waals surface area contributed by atoms with Crippen LogP contribution in [-0.4, -0.2) is 16.1 Å². The second-order valence-corrected chi connectivity index (χ2v) is 6.14. The van der Waals surface area contributed by atoms with E-state index in [1.54, 1.807) is 0 Å². The van der Waals surface area contributed by atoms with Crippen LogP contribution in [0.2, 0.25) is 0 Å². The molecule has 1 unspecified atom stereocenters.